The zero-order valence-corrected chi connectivity index (χ0v) is 10.8. The van der Waals surface area contributed by atoms with Gasteiger partial charge in [0.05, 0.1) is 6.54 Å². The van der Waals surface area contributed by atoms with Crippen molar-refractivity contribution in [1.29, 1.82) is 0 Å². The fraction of sp³-hybridized carbons (Fsp3) is 0.462. The zero-order valence-electron chi connectivity index (χ0n) is 10.0. The first kappa shape index (κ1) is 12.6. The number of benzene rings is 1. The molecule has 0 spiro atoms. The molecule has 1 aromatic carbocycles. The highest BCUT2D eigenvalue weighted by Gasteiger charge is 2.17. The molecule has 2 rings (SSSR count). The summed E-state index contributed by atoms with van der Waals surface area (Å²) in [5.74, 6) is 0.150. The molecule has 4 heteroatoms. The van der Waals surface area contributed by atoms with Gasteiger partial charge in [0, 0.05) is 36.8 Å². The van der Waals surface area contributed by atoms with E-state index in [4.69, 9.17) is 11.6 Å². The van der Waals surface area contributed by atoms with Crippen LogP contribution in [0.1, 0.15) is 10.4 Å². The summed E-state index contributed by atoms with van der Waals surface area (Å²) in [6.45, 7) is 4.48. The highest BCUT2D eigenvalue weighted by molar-refractivity contribution is 6.31. The maximum absolute atomic E-state index is 12.0. The molecular weight excluding hydrogens is 236 g/mol. The summed E-state index contributed by atoms with van der Waals surface area (Å²) in [4.78, 5) is 16.5. The molecule has 1 heterocycles. The van der Waals surface area contributed by atoms with Gasteiger partial charge in [0.1, 0.15) is 0 Å². The molecule has 1 fully saturated rings. The van der Waals surface area contributed by atoms with Gasteiger partial charge < -0.3 is 4.90 Å². The molecule has 0 atom stereocenters. The van der Waals surface area contributed by atoms with Crippen LogP contribution in [-0.4, -0.2) is 55.4 Å². The van der Waals surface area contributed by atoms with Crippen molar-refractivity contribution in [3.8, 4) is 0 Å². The molecule has 0 saturated carbocycles. The number of Topliss-reactive ketones (excluding diaryl/α,β-unsaturated/α-hetero) is 1. The van der Waals surface area contributed by atoms with Crippen LogP contribution in [0.3, 0.4) is 0 Å². The van der Waals surface area contributed by atoms with E-state index >= 15 is 0 Å². The van der Waals surface area contributed by atoms with Crippen LogP contribution in [-0.2, 0) is 0 Å². The third-order valence-corrected chi connectivity index (χ3v) is 3.34. The van der Waals surface area contributed by atoms with Crippen LogP contribution < -0.4 is 0 Å². The number of rotatable bonds is 3. The second kappa shape index (κ2) is 5.63. The summed E-state index contributed by atoms with van der Waals surface area (Å²) < 4.78 is 0. The molecule has 0 bridgehead atoms. The Hall–Kier alpha value is -0.900. The first-order valence-corrected chi connectivity index (χ1v) is 6.22. The number of carbonyl (C=O) groups is 1. The molecule has 0 aliphatic carbocycles. The van der Waals surface area contributed by atoms with Crippen molar-refractivity contribution >= 4 is 17.4 Å². The number of likely N-dealkylation sites (N-methyl/N-ethyl adjacent to an activating group) is 1. The first-order valence-electron chi connectivity index (χ1n) is 5.85. The number of hydrogen-bond donors (Lipinski definition) is 0. The van der Waals surface area contributed by atoms with E-state index in [9.17, 15) is 4.79 Å². The number of piperazine rings is 1. The van der Waals surface area contributed by atoms with E-state index in [0.29, 0.717) is 17.1 Å². The Labute approximate surface area is 107 Å². The molecule has 0 amide bonds. The van der Waals surface area contributed by atoms with Gasteiger partial charge in [-0.2, -0.15) is 0 Å². The normalized spacial score (nSPS) is 18.2. The molecule has 3 nitrogen and oxygen atoms in total. The molecule has 0 unspecified atom stereocenters. The number of carbonyl (C=O) groups excluding carboxylic acids is 1. The number of ketones is 1. The quantitative estimate of drug-likeness (QED) is 0.766. The summed E-state index contributed by atoms with van der Waals surface area (Å²) in [5.41, 5.74) is 0.705. The molecule has 0 radical (unpaired) electrons. The van der Waals surface area contributed by atoms with Crippen molar-refractivity contribution in [2.75, 3.05) is 39.8 Å². The van der Waals surface area contributed by atoms with Crippen molar-refractivity contribution in [1.82, 2.24) is 9.80 Å². The maximum atomic E-state index is 12.0. The zero-order chi connectivity index (χ0) is 12.3. The summed E-state index contributed by atoms with van der Waals surface area (Å²) in [6.07, 6.45) is 0. The molecule has 1 aromatic rings. The minimum Gasteiger partial charge on any atom is -0.304 e. The first-order chi connectivity index (χ1) is 8.15. The van der Waals surface area contributed by atoms with Crippen LogP contribution in [0.25, 0.3) is 0 Å². The molecule has 17 heavy (non-hydrogen) atoms. The number of nitrogens with zero attached hydrogens (tertiary/aromatic N) is 2. The van der Waals surface area contributed by atoms with Gasteiger partial charge in [-0.15, -0.1) is 0 Å². The fourth-order valence-corrected chi connectivity index (χ4v) is 2.15. The van der Waals surface area contributed by atoms with E-state index in [1.807, 2.05) is 12.1 Å². The maximum Gasteiger partial charge on any atom is 0.176 e. The van der Waals surface area contributed by atoms with Crippen molar-refractivity contribution in [2.45, 2.75) is 0 Å². The van der Waals surface area contributed by atoms with E-state index in [2.05, 4.69) is 16.8 Å². The van der Waals surface area contributed by atoms with Crippen molar-refractivity contribution in [2.24, 2.45) is 0 Å². The van der Waals surface area contributed by atoms with E-state index < -0.39 is 0 Å². The summed E-state index contributed by atoms with van der Waals surface area (Å²) >= 11 is 5.88. The fourth-order valence-electron chi connectivity index (χ4n) is 1.96. The molecule has 0 N–H and O–H groups in total. The number of hydrogen-bond acceptors (Lipinski definition) is 3. The largest absolute Gasteiger partial charge is 0.304 e. The predicted molar refractivity (Wildman–Crippen MR) is 69.7 cm³/mol. The van der Waals surface area contributed by atoms with Crippen LogP contribution in [0.4, 0.5) is 0 Å². The lowest BCUT2D eigenvalue weighted by Crippen LogP contribution is -2.46. The van der Waals surface area contributed by atoms with Crippen LogP contribution in [0.2, 0.25) is 5.02 Å². The highest BCUT2D eigenvalue weighted by Crippen LogP contribution is 2.12. The number of halogens is 1. The van der Waals surface area contributed by atoms with E-state index in [1.54, 1.807) is 12.1 Å². The van der Waals surface area contributed by atoms with Gasteiger partial charge in [-0.05, 0) is 19.2 Å². The second-order valence-corrected chi connectivity index (χ2v) is 4.95. The molecule has 92 valence electrons. The van der Waals surface area contributed by atoms with Crippen LogP contribution in [0.15, 0.2) is 24.3 Å². The lowest BCUT2D eigenvalue weighted by molar-refractivity contribution is 0.0876. The highest BCUT2D eigenvalue weighted by atomic mass is 35.5. The van der Waals surface area contributed by atoms with E-state index in [-0.39, 0.29) is 5.78 Å². The SMILES string of the molecule is CN1CCN(CC(=O)c2cccc(Cl)c2)CC1. The van der Waals surface area contributed by atoms with E-state index in [1.165, 1.54) is 0 Å². The molecule has 1 aliphatic heterocycles. The minimum absolute atomic E-state index is 0.150. The van der Waals surface area contributed by atoms with Gasteiger partial charge in [0.2, 0.25) is 0 Å². The Kier molecular flexibility index (Phi) is 4.15. The monoisotopic (exact) mass is 252 g/mol. The van der Waals surface area contributed by atoms with Crippen LogP contribution >= 0.6 is 11.6 Å². The molecular formula is C13H17ClN2O. The lowest BCUT2D eigenvalue weighted by atomic mass is 10.1. The van der Waals surface area contributed by atoms with Gasteiger partial charge >= 0.3 is 0 Å². The molecule has 1 aliphatic rings. The summed E-state index contributed by atoms with van der Waals surface area (Å²) in [7, 11) is 2.11. The van der Waals surface area contributed by atoms with Crippen molar-refractivity contribution < 1.29 is 4.79 Å². The van der Waals surface area contributed by atoms with Crippen LogP contribution in [0, 0.1) is 0 Å². The van der Waals surface area contributed by atoms with Crippen molar-refractivity contribution in [3.63, 3.8) is 0 Å². The predicted octanol–water partition coefficient (Wildman–Crippen LogP) is 1.77. The third kappa shape index (κ3) is 3.53. The second-order valence-electron chi connectivity index (χ2n) is 4.51. The van der Waals surface area contributed by atoms with Gasteiger partial charge in [-0.3, -0.25) is 9.69 Å². The summed E-state index contributed by atoms with van der Waals surface area (Å²) in [5, 5.41) is 0.620. The van der Waals surface area contributed by atoms with Gasteiger partial charge in [-0.1, -0.05) is 23.7 Å². The van der Waals surface area contributed by atoms with Crippen LogP contribution in [0.5, 0.6) is 0 Å². The van der Waals surface area contributed by atoms with Gasteiger partial charge in [0.25, 0.3) is 0 Å². The van der Waals surface area contributed by atoms with Crippen molar-refractivity contribution in [3.05, 3.63) is 34.9 Å². The average Bonchev–Trinajstić information content (AvgIpc) is 2.32. The summed E-state index contributed by atoms with van der Waals surface area (Å²) in [6, 6.07) is 7.16. The molecule has 0 aromatic heterocycles. The average molecular weight is 253 g/mol. The Bertz CT molecular complexity index is 400. The molecule has 1 saturated heterocycles. The minimum atomic E-state index is 0.150. The Morgan fingerprint density at radius 3 is 2.65 bits per heavy atom. The van der Waals surface area contributed by atoms with Gasteiger partial charge in [-0.25, -0.2) is 0 Å². The Morgan fingerprint density at radius 1 is 1.29 bits per heavy atom. The van der Waals surface area contributed by atoms with E-state index in [0.717, 1.165) is 26.2 Å². The Morgan fingerprint density at radius 2 is 2.00 bits per heavy atom. The smallest absolute Gasteiger partial charge is 0.176 e. The van der Waals surface area contributed by atoms with Gasteiger partial charge in [0.15, 0.2) is 5.78 Å². The standard InChI is InChI=1S/C13H17ClN2O/c1-15-5-7-16(8-6-15)10-13(17)11-3-2-4-12(14)9-11/h2-4,9H,5-8,10H2,1H3. The topological polar surface area (TPSA) is 23.6 Å². The third-order valence-electron chi connectivity index (χ3n) is 3.11. The lowest BCUT2D eigenvalue weighted by Gasteiger charge is -2.31. The Balaban J connectivity index is 1.93.